The lowest BCUT2D eigenvalue weighted by molar-refractivity contribution is -0.136. The monoisotopic (exact) mass is 447 g/mol. The Morgan fingerprint density at radius 3 is 2.72 bits per heavy atom. The molecule has 9 heteroatoms. The van der Waals surface area contributed by atoms with Gasteiger partial charge in [-0.15, -0.1) is 0 Å². The quantitative estimate of drug-likeness (QED) is 0.654. The number of imide groups is 1. The maximum atomic E-state index is 13.1. The van der Waals surface area contributed by atoms with Gasteiger partial charge in [0.25, 0.3) is 5.91 Å². The fourth-order valence-corrected chi connectivity index (χ4v) is 5.35. The molecule has 1 aromatic carbocycles. The zero-order valence-corrected chi connectivity index (χ0v) is 17.7. The number of hydrogen-bond acceptors (Lipinski definition) is 5. The summed E-state index contributed by atoms with van der Waals surface area (Å²) >= 11 is 0. The van der Waals surface area contributed by atoms with E-state index in [0.29, 0.717) is 30.8 Å². The highest BCUT2D eigenvalue weighted by Crippen LogP contribution is 2.42. The van der Waals surface area contributed by atoms with Gasteiger partial charge >= 0.3 is 0 Å². The fourth-order valence-electron chi connectivity index (χ4n) is 5.35. The molecule has 2 N–H and O–H groups in total. The second-order valence-corrected chi connectivity index (χ2v) is 9.45. The molecule has 0 radical (unpaired) electrons. The molecule has 2 heterocycles. The van der Waals surface area contributed by atoms with Gasteiger partial charge in [-0.25, -0.2) is 8.78 Å². The minimum Gasteiger partial charge on any atom is -0.489 e. The van der Waals surface area contributed by atoms with Crippen LogP contribution in [0.5, 0.6) is 5.75 Å². The van der Waals surface area contributed by atoms with Gasteiger partial charge < -0.3 is 15.0 Å². The maximum Gasteiger partial charge on any atom is 0.255 e. The first-order valence-corrected chi connectivity index (χ1v) is 11.3. The number of nitrogens with one attached hydrogen (secondary N) is 2. The van der Waals surface area contributed by atoms with Crippen LogP contribution in [-0.4, -0.2) is 53.3 Å². The number of hydrogen-bond donors (Lipinski definition) is 2. The number of nitrogens with zero attached hydrogens (tertiary/aromatic N) is 1. The second kappa shape index (κ2) is 8.10. The van der Waals surface area contributed by atoms with E-state index in [2.05, 4.69) is 10.6 Å². The Hall–Kier alpha value is -2.55. The average Bonchev–Trinajstić information content (AvgIpc) is 3.29. The Morgan fingerprint density at radius 1 is 1.16 bits per heavy atom. The van der Waals surface area contributed by atoms with Crippen LogP contribution in [0.2, 0.25) is 0 Å². The molecule has 3 amide bonds. The fraction of sp³-hybridized carbons (Fsp3) is 0.609. The van der Waals surface area contributed by atoms with Crippen molar-refractivity contribution in [2.24, 2.45) is 5.92 Å². The van der Waals surface area contributed by atoms with Gasteiger partial charge in [0.1, 0.15) is 17.9 Å². The standard InChI is InChI=1S/C23H27F2N3O4/c24-23(25)9-13(10-23)11-26-17-2-1-3-19(17)32-15-4-5-16-14(8-15)12-28(22(16)31)18-6-7-20(29)27-21(18)30/h4-5,8,13,17-19,26H,1-3,6-7,9-12H2,(H,27,29,30). The van der Waals surface area contributed by atoms with Crippen molar-refractivity contribution < 1.29 is 27.9 Å². The number of alkyl halides is 2. The van der Waals surface area contributed by atoms with Crippen LogP contribution in [0.3, 0.4) is 0 Å². The minimum atomic E-state index is -2.50. The van der Waals surface area contributed by atoms with Crippen LogP contribution in [0, 0.1) is 5.92 Å². The molecule has 7 nitrogen and oxygen atoms in total. The Labute approximate surface area is 184 Å². The topological polar surface area (TPSA) is 87.7 Å². The molecule has 5 rings (SSSR count). The highest BCUT2D eigenvalue weighted by Gasteiger charge is 2.45. The van der Waals surface area contributed by atoms with E-state index in [-0.39, 0.29) is 49.1 Å². The molecule has 2 saturated carbocycles. The smallest absolute Gasteiger partial charge is 0.255 e. The molecule has 2 aliphatic heterocycles. The van der Waals surface area contributed by atoms with E-state index in [1.165, 1.54) is 4.90 Å². The van der Waals surface area contributed by atoms with Crippen LogP contribution in [-0.2, 0) is 16.1 Å². The molecule has 172 valence electrons. The molecule has 4 aliphatic rings. The largest absolute Gasteiger partial charge is 0.489 e. The highest BCUT2D eigenvalue weighted by atomic mass is 19.3. The van der Waals surface area contributed by atoms with Gasteiger partial charge in [0, 0.05) is 37.4 Å². The zero-order chi connectivity index (χ0) is 22.5. The summed E-state index contributed by atoms with van der Waals surface area (Å²) < 4.78 is 32.3. The number of amides is 3. The summed E-state index contributed by atoms with van der Waals surface area (Å²) in [5.74, 6) is -2.76. The molecule has 0 aromatic heterocycles. The van der Waals surface area contributed by atoms with E-state index in [4.69, 9.17) is 4.74 Å². The summed E-state index contributed by atoms with van der Waals surface area (Å²) in [6, 6.07) is 4.83. The summed E-state index contributed by atoms with van der Waals surface area (Å²) in [7, 11) is 0. The number of benzene rings is 1. The lowest BCUT2D eigenvalue weighted by Crippen LogP contribution is -2.52. The van der Waals surface area contributed by atoms with Crippen molar-refractivity contribution in [1.29, 1.82) is 0 Å². The highest BCUT2D eigenvalue weighted by molar-refractivity contribution is 6.05. The van der Waals surface area contributed by atoms with Crippen molar-refractivity contribution in [3.05, 3.63) is 29.3 Å². The van der Waals surface area contributed by atoms with Crippen molar-refractivity contribution in [2.75, 3.05) is 6.54 Å². The maximum absolute atomic E-state index is 13.1. The van der Waals surface area contributed by atoms with Crippen molar-refractivity contribution in [1.82, 2.24) is 15.5 Å². The van der Waals surface area contributed by atoms with Gasteiger partial charge in [-0.05, 0) is 61.9 Å². The van der Waals surface area contributed by atoms with Crippen LogP contribution >= 0.6 is 0 Å². The molecule has 3 fully saturated rings. The van der Waals surface area contributed by atoms with Crippen molar-refractivity contribution >= 4 is 17.7 Å². The third-order valence-corrected chi connectivity index (χ3v) is 7.08. The summed E-state index contributed by atoms with van der Waals surface area (Å²) in [5.41, 5.74) is 1.35. The number of rotatable bonds is 6. The first-order chi connectivity index (χ1) is 15.3. The van der Waals surface area contributed by atoms with Crippen molar-refractivity contribution in [3.63, 3.8) is 0 Å². The zero-order valence-electron chi connectivity index (χ0n) is 17.7. The normalized spacial score (nSPS) is 29.6. The SMILES string of the molecule is O=C1CCC(N2Cc3cc(OC4CCCC4NCC4CC(F)(F)C4)ccc3C2=O)C(=O)N1. The van der Waals surface area contributed by atoms with Crippen LogP contribution in [0.25, 0.3) is 0 Å². The molecule has 3 unspecified atom stereocenters. The summed E-state index contributed by atoms with van der Waals surface area (Å²) in [6.07, 6.45) is 3.27. The van der Waals surface area contributed by atoms with Gasteiger partial charge in [-0.3, -0.25) is 19.7 Å². The van der Waals surface area contributed by atoms with Crippen LogP contribution in [0.1, 0.15) is 60.9 Å². The predicted molar refractivity (Wildman–Crippen MR) is 110 cm³/mol. The van der Waals surface area contributed by atoms with Gasteiger partial charge in [-0.2, -0.15) is 0 Å². The molecule has 1 saturated heterocycles. The summed E-state index contributed by atoms with van der Waals surface area (Å²) in [5, 5.41) is 5.72. The first kappa shape index (κ1) is 21.3. The third kappa shape index (κ3) is 4.10. The predicted octanol–water partition coefficient (Wildman–Crippen LogP) is 2.38. The second-order valence-electron chi connectivity index (χ2n) is 9.45. The minimum absolute atomic E-state index is 0.0236. The van der Waals surface area contributed by atoms with Gasteiger partial charge in [-0.1, -0.05) is 0 Å². The van der Waals surface area contributed by atoms with Crippen LogP contribution < -0.4 is 15.4 Å². The van der Waals surface area contributed by atoms with E-state index in [9.17, 15) is 23.2 Å². The molecule has 2 aliphatic carbocycles. The number of piperidine rings is 1. The molecular weight excluding hydrogens is 420 g/mol. The number of ether oxygens (including phenoxy) is 1. The van der Waals surface area contributed by atoms with Crippen LogP contribution in [0.15, 0.2) is 18.2 Å². The van der Waals surface area contributed by atoms with E-state index in [0.717, 1.165) is 24.8 Å². The van der Waals surface area contributed by atoms with Crippen LogP contribution in [0.4, 0.5) is 8.78 Å². The number of carbonyl (C=O) groups excluding carboxylic acids is 3. The third-order valence-electron chi connectivity index (χ3n) is 7.08. The lowest BCUT2D eigenvalue weighted by atomic mass is 9.81. The Morgan fingerprint density at radius 2 is 1.97 bits per heavy atom. The molecule has 0 spiro atoms. The summed E-state index contributed by atoms with van der Waals surface area (Å²) in [6.45, 7) is 0.888. The van der Waals surface area contributed by atoms with E-state index in [1.807, 2.05) is 6.07 Å². The Balaban J connectivity index is 1.20. The summed E-state index contributed by atoms with van der Waals surface area (Å²) in [4.78, 5) is 37.9. The molecule has 1 aromatic rings. The van der Waals surface area contributed by atoms with Crippen molar-refractivity contribution in [2.45, 2.75) is 75.6 Å². The van der Waals surface area contributed by atoms with Gasteiger partial charge in [0.05, 0.1) is 0 Å². The lowest BCUT2D eigenvalue weighted by Gasteiger charge is -2.36. The Kier molecular flexibility index (Phi) is 5.39. The van der Waals surface area contributed by atoms with E-state index >= 15 is 0 Å². The van der Waals surface area contributed by atoms with Gasteiger partial charge in [0.15, 0.2) is 0 Å². The molecule has 0 bridgehead atoms. The van der Waals surface area contributed by atoms with E-state index in [1.54, 1.807) is 12.1 Å². The number of fused-ring (bicyclic) bond motifs is 1. The number of carbonyl (C=O) groups is 3. The van der Waals surface area contributed by atoms with Gasteiger partial charge in [0.2, 0.25) is 17.7 Å². The van der Waals surface area contributed by atoms with E-state index < -0.39 is 17.9 Å². The number of halogens is 2. The van der Waals surface area contributed by atoms with Crippen molar-refractivity contribution in [3.8, 4) is 5.75 Å². The molecule has 3 atom stereocenters. The average molecular weight is 447 g/mol. The molecular formula is C23H27F2N3O4. The first-order valence-electron chi connectivity index (χ1n) is 11.3. The molecule has 32 heavy (non-hydrogen) atoms. The Bertz CT molecular complexity index is 945.